The molecule has 0 fully saturated rings. The molecule has 0 saturated heterocycles. The number of benzene rings is 1. The maximum Gasteiger partial charge on any atom is 0.162 e. The summed E-state index contributed by atoms with van der Waals surface area (Å²) < 4.78 is 1.85. The van der Waals surface area contributed by atoms with Crippen LogP contribution in [0.2, 0.25) is 5.02 Å². The molecule has 2 aromatic rings. The molecule has 2 heterocycles. The number of fused-ring (bicyclic) bond motifs is 3. The molecule has 112 valence electrons. The van der Waals surface area contributed by atoms with Gasteiger partial charge in [-0.25, -0.2) is 10.8 Å². The van der Waals surface area contributed by atoms with Crippen molar-refractivity contribution in [1.82, 2.24) is 9.55 Å². The van der Waals surface area contributed by atoms with Crippen LogP contribution in [0.5, 0.6) is 0 Å². The summed E-state index contributed by atoms with van der Waals surface area (Å²) in [5.74, 6) is 6.27. The third kappa shape index (κ3) is 2.25. The first-order chi connectivity index (χ1) is 10.6. The van der Waals surface area contributed by atoms with Crippen molar-refractivity contribution < 1.29 is 0 Å². The van der Waals surface area contributed by atoms with Crippen LogP contribution in [-0.4, -0.2) is 14.9 Å². The molecule has 0 spiro atoms. The minimum atomic E-state index is 0.357. The van der Waals surface area contributed by atoms with Gasteiger partial charge in [-0.1, -0.05) is 27.5 Å². The molecule has 0 atom stereocenters. The molecule has 0 unspecified atom stereocenters. The summed E-state index contributed by atoms with van der Waals surface area (Å²) in [5.41, 5.74) is 9.99. The van der Waals surface area contributed by atoms with E-state index in [9.17, 15) is 5.26 Å². The first kappa shape index (κ1) is 14.9. The number of hydrogen-bond acceptors (Lipinski definition) is 5. The molecule has 8 heteroatoms. The van der Waals surface area contributed by atoms with Crippen molar-refractivity contribution in [2.75, 3.05) is 10.3 Å². The van der Waals surface area contributed by atoms with E-state index >= 15 is 0 Å². The van der Waals surface area contributed by atoms with Crippen molar-refractivity contribution >= 4 is 33.2 Å². The lowest BCUT2D eigenvalue weighted by atomic mass is 10.1. The number of nitrogens with two attached hydrogens (primary N) is 2. The number of nitrogens with zero attached hydrogens (tertiary/aromatic N) is 4. The van der Waals surface area contributed by atoms with Gasteiger partial charge in [0.15, 0.2) is 5.69 Å². The molecular formula is C14H12BrClN6. The zero-order chi connectivity index (χ0) is 15.9. The third-order valence-corrected chi connectivity index (χ3v) is 4.41. The Kier molecular flexibility index (Phi) is 3.83. The quantitative estimate of drug-likeness (QED) is 0.585. The van der Waals surface area contributed by atoms with E-state index in [0.717, 1.165) is 11.4 Å². The zero-order valence-electron chi connectivity index (χ0n) is 11.4. The van der Waals surface area contributed by atoms with E-state index < -0.39 is 0 Å². The number of hydrogen-bond donors (Lipinski definition) is 2. The van der Waals surface area contributed by atoms with E-state index in [4.69, 9.17) is 23.2 Å². The normalized spacial score (nSPS) is 15.6. The standard InChI is InChI=1S/C14H12BrClN6/c15-5-9(18)12-4-13-10(6-17)20-7-21(13)11-2-1-8(16)3-14(11)22(12)19/h1-3,7H,4-5,18-19H2/b12-9-. The molecule has 6 nitrogen and oxygen atoms in total. The number of allylic oxidation sites excluding steroid dienone is 2. The number of anilines is 1. The van der Waals surface area contributed by atoms with Crippen LogP contribution in [0.3, 0.4) is 0 Å². The van der Waals surface area contributed by atoms with Gasteiger partial charge in [0.1, 0.15) is 12.4 Å². The summed E-state index contributed by atoms with van der Waals surface area (Å²) in [6.45, 7) is 0. The second kappa shape index (κ2) is 5.65. The summed E-state index contributed by atoms with van der Waals surface area (Å²) in [7, 11) is 0. The zero-order valence-corrected chi connectivity index (χ0v) is 13.8. The fourth-order valence-corrected chi connectivity index (χ4v) is 2.96. The highest BCUT2D eigenvalue weighted by Gasteiger charge is 2.26. The molecule has 3 rings (SSSR count). The van der Waals surface area contributed by atoms with Crippen LogP contribution < -0.4 is 16.6 Å². The maximum absolute atomic E-state index is 9.27. The Morgan fingerprint density at radius 1 is 1.45 bits per heavy atom. The Hall–Kier alpha value is -2.01. The Labute approximate surface area is 140 Å². The molecule has 1 aliphatic rings. The summed E-state index contributed by atoms with van der Waals surface area (Å²) >= 11 is 9.45. The maximum atomic E-state index is 9.27. The van der Waals surface area contributed by atoms with E-state index in [0.29, 0.717) is 39.5 Å². The molecule has 22 heavy (non-hydrogen) atoms. The van der Waals surface area contributed by atoms with E-state index in [2.05, 4.69) is 27.0 Å². The number of hydrazine groups is 1. The highest BCUT2D eigenvalue weighted by molar-refractivity contribution is 9.09. The number of aromatic nitrogens is 2. The van der Waals surface area contributed by atoms with Gasteiger partial charge in [0, 0.05) is 22.5 Å². The second-order valence-corrected chi connectivity index (χ2v) is 5.80. The summed E-state index contributed by atoms with van der Waals surface area (Å²) in [6.07, 6.45) is 2.02. The van der Waals surface area contributed by atoms with E-state index in [1.165, 1.54) is 5.01 Å². The first-order valence-corrected chi connectivity index (χ1v) is 7.91. The Balaban J connectivity index is 2.34. The molecule has 4 N–H and O–H groups in total. The van der Waals surface area contributed by atoms with Crippen molar-refractivity contribution in [3.05, 3.63) is 52.3 Å². The lowest BCUT2D eigenvalue weighted by molar-refractivity contribution is 0.900. The van der Waals surface area contributed by atoms with Crippen LogP contribution >= 0.6 is 27.5 Å². The smallest absolute Gasteiger partial charge is 0.162 e. The lowest BCUT2D eigenvalue weighted by Gasteiger charge is -2.23. The van der Waals surface area contributed by atoms with Crippen LogP contribution in [0.15, 0.2) is 35.9 Å². The monoisotopic (exact) mass is 378 g/mol. The van der Waals surface area contributed by atoms with E-state index in [1.807, 2.05) is 10.6 Å². The Morgan fingerprint density at radius 2 is 2.23 bits per heavy atom. The van der Waals surface area contributed by atoms with Crippen LogP contribution in [0.1, 0.15) is 11.4 Å². The van der Waals surface area contributed by atoms with Gasteiger partial charge in [-0.2, -0.15) is 5.26 Å². The lowest BCUT2D eigenvalue weighted by Crippen LogP contribution is -2.33. The van der Waals surface area contributed by atoms with Crippen molar-refractivity contribution in [2.45, 2.75) is 6.42 Å². The highest BCUT2D eigenvalue weighted by Crippen LogP contribution is 2.35. The predicted molar refractivity (Wildman–Crippen MR) is 88.7 cm³/mol. The molecular weight excluding hydrogens is 368 g/mol. The van der Waals surface area contributed by atoms with Crippen molar-refractivity contribution in [3.63, 3.8) is 0 Å². The summed E-state index contributed by atoms with van der Waals surface area (Å²) in [5, 5.41) is 11.8. The average Bonchev–Trinajstić information content (AvgIpc) is 2.88. The van der Waals surface area contributed by atoms with Gasteiger partial charge in [0.25, 0.3) is 0 Å². The van der Waals surface area contributed by atoms with Crippen LogP contribution in [-0.2, 0) is 6.42 Å². The summed E-state index contributed by atoms with van der Waals surface area (Å²) in [4.78, 5) is 4.16. The van der Waals surface area contributed by atoms with E-state index in [1.54, 1.807) is 18.5 Å². The van der Waals surface area contributed by atoms with E-state index in [-0.39, 0.29) is 0 Å². The number of alkyl halides is 1. The number of imidazole rings is 1. The van der Waals surface area contributed by atoms with Gasteiger partial charge in [-0.3, -0.25) is 9.58 Å². The highest BCUT2D eigenvalue weighted by atomic mass is 79.9. The SMILES string of the molecule is N#Cc1ncn2c1C/C(=C(/N)CBr)N(N)c1cc(Cl)ccc1-2. The molecule has 1 aromatic carbocycles. The fraction of sp³-hybridized carbons (Fsp3) is 0.143. The van der Waals surface area contributed by atoms with Gasteiger partial charge in [0.2, 0.25) is 0 Å². The molecule has 1 aliphatic heterocycles. The number of nitriles is 1. The van der Waals surface area contributed by atoms with Crippen LogP contribution in [0.4, 0.5) is 5.69 Å². The summed E-state index contributed by atoms with van der Waals surface area (Å²) in [6, 6.07) is 7.48. The van der Waals surface area contributed by atoms with Gasteiger partial charge in [-0.05, 0) is 18.2 Å². The van der Waals surface area contributed by atoms with Crippen molar-refractivity contribution in [2.24, 2.45) is 11.6 Å². The molecule has 0 radical (unpaired) electrons. The largest absolute Gasteiger partial charge is 0.400 e. The third-order valence-electron chi connectivity index (χ3n) is 3.57. The Morgan fingerprint density at radius 3 is 2.91 bits per heavy atom. The Bertz CT molecular complexity index is 819. The predicted octanol–water partition coefficient (Wildman–Crippen LogP) is 2.20. The number of rotatable bonds is 1. The minimum absolute atomic E-state index is 0.357. The molecule has 0 bridgehead atoms. The van der Waals surface area contributed by atoms with Gasteiger partial charge < -0.3 is 5.73 Å². The van der Waals surface area contributed by atoms with Crippen LogP contribution in [0.25, 0.3) is 5.69 Å². The van der Waals surface area contributed by atoms with Crippen molar-refractivity contribution in [1.29, 1.82) is 5.26 Å². The molecule has 1 aromatic heterocycles. The van der Waals surface area contributed by atoms with Crippen molar-refractivity contribution in [3.8, 4) is 11.8 Å². The molecule has 0 amide bonds. The molecule has 0 aliphatic carbocycles. The topological polar surface area (TPSA) is 96.9 Å². The van der Waals surface area contributed by atoms with Gasteiger partial charge in [0.05, 0.1) is 22.8 Å². The van der Waals surface area contributed by atoms with Crippen LogP contribution in [0, 0.1) is 11.3 Å². The molecule has 0 saturated carbocycles. The fourth-order valence-electron chi connectivity index (χ4n) is 2.47. The van der Waals surface area contributed by atoms with Gasteiger partial charge >= 0.3 is 0 Å². The average molecular weight is 380 g/mol. The first-order valence-electron chi connectivity index (χ1n) is 6.41. The number of halogens is 2. The minimum Gasteiger partial charge on any atom is -0.400 e. The second-order valence-electron chi connectivity index (χ2n) is 4.81. The van der Waals surface area contributed by atoms with Gasteiger partial charge in [-0.15, -0.1) is 0 Å².